The average molecular weight is 404 g/mol. The molecule has 0 bridgehead atoms. The molecule has 0 spiro atoms. The SMILES string of the molecule is CCOC(=O)c1ccccc1NC(=O)c1cn(-c2ccccc2C(F)(F)F)nn1. The minimum absolute atomic E-state index is 0.137. The highest BCUT2D eigenvalue weighted by atomic mass is 19.4. The van der Waals surface area contributed by atoms with Gasteiger partial charge in [-0.15, -0.1) is 5.10 Å². The highest BCUT2D eigenvalue weighted by molar-refractivity contribution is 6.06. The molecule has 0 saturated carbocycles. The number of rotatable bonds is 5. The second-order valence-corrected chi connectivity index (χ2v) is 5.78. The number of esters is 1. The van der Waals surface area contributed by atoms with Crippen LogP contribution < -0.4 is 5.32 Å². The molecule has 150 valence electrons. The van der Waals surface area contributed by atoms with Crippen LogP contribution in [0.5, 0.6) is 0 Å². The highest BCUT2D eigenvalue weighted by Crippen LogP contribution is 2.33. The molecule has 0 radical (unpaired) electrons. The van der Waals surface area contributed by atoms with Crippen LogP contribution in [0.15, 0.2) is 54.7 Å². The Bertz CT molecular complexity index is 1050. The lowest BCUT2D eigenvalue weighted by molar-refractivity contribution is -0.137. The molecule has 10 heteroatoms. The number of aromatic nitrogens is 3. The van der Waals surface area contributed by atoms with Gasteiger partial charge < -0.3 is 10.1 Å². The summed E-state index contributed by atoms with van der Waals surface area (Å²) in [7, 11) is 0. The van der Waals surface area contributed by atoms with E-state index < -0.39 is 23.6 Å². The maximum Gasteiger partial charge on any atom is 0.418 e. The second-order valence-electron chi connectivity index (χ2n) is 5.78. The van der Waals surface area contributed by atoms with Gasteiger partial charge in [0.2, 0.25) is 0 Å². The summed E-state index contributed by atoms with van der Waals surface area (Å²) in [6.45, 7) is 1.81. The molecule has 0 atom stereocenters. The Morgan fingerprint density at radius 3 is 2.52 bits per heavy atom. The summed E-state index contributed by atoms with van der Waals surface area (Å²) in [6, 6.07) is 11.0. The number of ether oxygens (including phenoxy) is 1. The molecule has 1 N–H and O–H groups in total. The van der Waals surface area contributed by atoms with Crippen molar-refractivity contribution in [2.75, 3.05) is 11.9 Å². The average Bonchev–Trinajstić information content (AvgIpc) is 3.18. The normalized spacial score (nSPS) is 11.2. The van der Waals surface area contributed by atoms with E-state index in [1.54, 1.807) is 19.1 Å². The van der Waals surface area contributed by atoms with Gasteiger partial charge in [-0.2, -0.15) is 13.2 Å². The van der Waals surface area contributed by atoms with Gasteiger partial charge in [0.15, 0.2) is 5.69 Å². The number of hydrogen-bond donors (Lipinski definition) is 1. The van der Waals surface area contributed by atoms with E-state index in [0.29, 0.717) is 0 Å². The van der Waals surface area contributed by atoms with Gasteiger partial charge in [0.05, 0.1) is 35.3 Å². The summed E-state index contributed by atoms with van der Waals surface area (Å²) in [4.78, 5) is 24.5. The first kappa shape index (κ1) is 20.1. The molecule has 0 saturated heterocycles. The number of carbonyl (C=O) groups excluding carboxylic acids is 2. The third-order valence-corrected chi connectivity index (χ3v) is 3.85. The van der Waals surface area contributed by atoms with Crippen LogP contribution in [0.3, 0.4) is 0 Å². The minimum atomic E-state index is -4.59. The second kappa shape index (κ2) is 8.13. The fourth-order valence-corrected chi connectivity index (χ4v) is 2.56. The first-order valence-electron chi connectivity index (χ1n) is 8.47. The van der Waals surface area contributed by atoms with Gasteiger partial charge in [-0.1, -0.05) is 29.5 Å². The number of halogens is 3. The quantitative estimate of drug-likeness (QED) is 0.655. The Hall–Kier alpha value is -3.69. The predicted octanol–water partition coefficient (Wildman–Crippen LogP) is 3.72. The lowest BCUT2D eigenvalue weighted by Crippen LogP contribution is -2.16. The molecule has 1 amide bonds. The Balaban J connectivity index is 1.86. The molecule has 2 aromatic carbocycles. The van der Waals surface area contributed by atoms with Crippen LogP contribution >= 0.6 is 0 Å². The van der Waals surface area contributed by atoms with Crippen LogP contribution in [0.1, 0.15) is 33.3 Å². The predicted molar refractivity (Wildman–Crippen MR) is 96.7 cm³/mol. The van der Waals surface area contributed by atoms with Crippen molar-refractivity contribution in [3.05, 3.63) is 71.5 Å². The minimum Gasteiger partial charge on any atom is -0.462 e. The van der Waals surface area contributed by atoms with Gasteiger partial charge in [-0.05, 0) is 31.2 Å². The number of nitrogens with one attached hydrogen (secondary N) is 1. The lowest BCUT2D eigenvalue weighted by atomic mass is 10.1. The van der Waals surface area contributed by atoms with E-state index in [1.165, 1.54) is 30.3 Å². The van der Waals surface area contributed by atoms with E-state index in [2.05, 4.69) is 15.6 Å². The van der Waals surface area contributed by atoms with E-state index >= 15 is 0 Å². The van der Waals surface area contributed by atoms with Crippen molar-refractivity contribution in [2.24, 2.45) is 0 Å². The van der Waals surface area contributed by atoms with Gasteiger partial charge >= 0.3 is 12.1 Å². The van der Waals surface area contributed by atoms with Crippen LogP contribution in [0.4, 0.5) is 18.9 Å². The topological polar surface area (TPSA) is 86.1 Å². The number of nitrogens with zero attached hydrogens (tertiary/aromatic N) is 3. The smallest absolute Gasteiger partial charge is 0.418 e. The molecule has 0 aliphatic carbocycles. The number of benzene rings is 2. The number of hydrogen-bond acceptors (Lipinski definition) is 5. The largest absolute Gasteiger partial charge is 0.462 e. The fraction of sp³-hybridized carbons (Fsp3) is 0.158. The Morgan fingerprint density at radius 2 is 1.79 bits per heavy atom. The zero-order chi connectivity index (χ0) is 21.0. The van der Waals surface area contributed by atoms with Crippen LogP contribution in [0.2, 0.25) is 0 Å². The van der Waals surface area contributed by atoms with Crippen molar-refractivity contribution in [1.82, 2.24) is 15.0 Å². The van der Waals surface area contributed by atoms with E-state index in [-0.39, 0.29) is 29.2 Å². The summed E-state index contributed by atoms with van der Waals surface area (Å²) >= 11 is 0. The molecule has 1 heterocycles. The van der Waals surface area contributed by atoms with E-state index in [9.17, 15) is 22.8 Å². The van der Waals surface area contributed by atoms with Crippen molar-refractivity contribution >= 4 is 17.6 Å². The van der Waals surface area contributed by atoms with E-state index in [0.717, 1.165) is 16.9 Å². The van der Waals surface area contributed by atoms with E-state index in [1.807, 2.05) is 0 Å². The molecule has 0 unspecified atom stereocenters. The number of carbonyl (C=O) groups is 2. The van der Waals surface area contributed by atoms with Gasteiger partial charge in [0.1, 0.15) is 0 Å². The third-order valence-electron chi connectivity index (χ3n) is 3.85. The monoisotopic (exact) mass is 404 g/mol. The number of amides is 1. The standard InChI is InChI=1S/C19H15F3N4O3/c1-2-29-18(28)12-7-3-5-9-14(12)23-17(27)15-11-26(25-24-15)16-10-6-4-8-13(16)19(20,21)22/h3-11H,2H2,1H3,(H,23,27). The van der Waals surface area contributed by atoms with Gasteiger partial charge in [0.25, 0.3) is 5.91 Å². The molecule has 7 nitrogen and oxygen atoms in total. The molecule has 3 aromatic rings. The maximum atomic E-state index is 13.2. The molecule has 0 fully saturated rings. The summed E-state index contributed by atoms with van der Waals surface area (Å²) in [5.41, 5.74) is -1.08. The number of para-hydroxylation sites is 2. The van der Waals surface area contributed by atoms with Crippen LogP contribution in [0.25, 0.3) is 5.69 Å². The van der Waals surface area contributed by atoms with Gasteiger partial charge in [0, 0.05) is 0 Å². The molecule has 1 aromatic heterocycles. The molecular formula is C19H15F3N4O3. The molecule has 0 aliphatic heterocycles. The zero-order valence-electron chi connectivity index (χ0n) is 15.1. The Labute approximate surface area is 163 Å². The summed E-state index contributed by atoms with van der Waals surface area (Å²) in [5.74, 6) is -1.36. The summed E-state index contributed by atoms with van der Waals surface area (Å²) < 4.78 is 45.4. The van der Waals surface area contributed by atoms with E-state index in [4.69, 9.17) is 4.74 Å². The van der Waals surface area contributed by atoms with Crippen molar-refractivity contribution in [2.45, 2.75) is 13.1 Å². The number of anilines is 1. The molecular weight excluding hydrogens is 389 g/mol. The summed E-state index contributed by atoms with van der Waals surface area (Å²) in [6.07, 6.45) is -3.52. The van der Waals surface area contributed by atoms with Gasteiger partial charge in [-0.25, -0.2) is 9.48 Å². The highest BCUT2D eigenvalue weighted by Gasteiger charge is 2.34. The van der Waals surface area contributed by atoms with Crippen LogP contribution in [-0.2, 0) is 10.9 Å². The Morgan fingerprint density at radius 1 is 1.10 bits per heavy atom. The van der Waals surface area contributed by atoms with Gasteiger partial charge in [-0.3, -0.25) is 4.79 Å². The van der Waals surface area contributed by atoms with Crippen LogP contribution in [0, 0.1) is 0 Å². The number of alkyl halides is 3. The third kappa shape index (κ3) is 4.42. The first-order chi connectivity index (χ1) is 13.8. The lowest BCUT2D eigenvalue weighted by Gasteiger charge is -2.11. The summed E-state index contributed by atoms with van der Waals surface area (Å²) in [5, 5.41) is 9.76. The molecule has 29 heavy (non-hydrogen) atoms. The van der Waals surface area contributed by atoms with Crippen LogP contribution in [-0.4, -0.2) is 33.5 Å². The molecule has 0 aliphatic rings. The maximum absolute atomic E-state index is 13.2. The van der Waals surface area contributed by atoms with Crippen molar-refractivity contribution in [3.63, 3.8) is 0 Å². The first-order valence-corrected chi connectivity index (χ1v) is 8.47. The zero-order valence-corrected chi connectivity index (χ0v) is 15.1. The van der Waals surface area contributed by atoms with Crippen molar-refractivity contribution in [1.29, 1.82) is 0 Å². The fourth-order valence-electron chi connectivity index (χ4n) is 2.56. The van der Waals surface area contributed by atoms with Crippen molar-refractivity contribution < 1.29 is 27.5 Å². The Kier molecular flexibility index (Phi) is 5.62. The van der Waals surface area contributed by atoms with Crippen molar-refractivity contribution in [3.8, 4) is 5.69 Å². The molecule has 3 rings (SSSR count).